The van der Waals surface area contributed by atoms with Crippen molar-refractivity contribution in [2.75, 3.05) is 13.1 Å². The molecule has 6 nitrogen and oxygen atoms in total. The molecule has 2 aromatic rings. The lowest BCUT2D eigenvalue weighted by atomic mass is 10.1. The molecule has 29 heavy (non-hydrogen) atoms. The topological polar surface area (TPSA) is 84.8 Å². The Morgan fingerprint density at radius 1 is 1.24 bits per heavy atom. The third-order valence-electron chi connectivity index (χ3n) is 6.17. The number of nitrogens with zero attached hydrogens (tertiary/aromatic N) is 4. The fraction of sp³-hybridized carbons (Fsp3) is 0.500. The van der Waals surface area contributed by atoms with Gasteiger partial charge >= 0.3 is 0 Å². The van der Waals surface area contributed by atoms with E-state index in [0.29, 0.717) is 11.5 Å². The number of amides is 1. The molecule has 1 saturated carbocycles. The Kier molecular flexibility index (Phi) is 5.51. The van der Waals surface area contributed by atoms with Crippen molar-refractivity contribution in [3.05, 3.63) is 36.0 Å². The first-order chi connectivity index (χ1) is 14.1. The molecule has 2 heterocycles. The Hall–Kier alpha value is -2.90. The molecule has 7 heteroatoms. The Morgan fingerprint density at radius 3 is 2.86 bits per heavy atom. The van der Waals surface area contributed by atoms with E-state index in [-0.39, 0.29) is 31.5 Å². The molecule has 1 aromatic heterocycles. The molecule has 1 aromatic carbocycles. The second kappa shape index (κ2) is 8.23. The van der Waals surface area contributed by atoms with Gasteiger partial charge in [-0.15, -0.1) is 0 Å². The van der Waals surface area contributed by atoms with Gasteiger partial charge in [-0.25, -0.2) is 4.39 Å². The molecule has 1 aliphatic heterocycles. The number of halogens is 1. The SMILES string of the molecule is N#Cc1cn(CC2CCC(NCC(=O)N3CC(F)CC3C#N)C2)c2ccccc12. The van der Waals surface area contributed by atoms with Crippen LogP contribution in [0.15, 0.2) is 30.5 Å². The molecule has 4 unspecified atom stereocenters. The lowest BCUT2D eigenvalue weighted by Gasteiger charge is -2.21. The zero-order valence-electron chi connectivity index (χ0n) is 16.2. The minimum atomic E-state index is -1.10. The Morgan fingerprint density at radius 2 is 2.07 bits per heavy atom. The molecule has 4 atom stereocenters. The smallest absolute Gasteiger partial charge is 0.237 e. The highest BCUT2D eigenvalue weighted by Crippen LogP contribution is 2.30. The summed E-state index contributed by atoms with van der Waals surface area (Å²) in [5.74, 6) is 0.272. The van der Waals surface area contributed by atoms with Crippen LogP contribution in [-0.4, -0.2) is 46.7 Å². The fourth-order valence-corrected chi connectivity index (χ4v) is 4.71. The lowest BCUT2D eigenvalue weighted by molar-refractivity contribution is -0.130. The summed E-state index contributed by atoms with van der Waals surface area (Å²) >= 11 is 0. The number of para-hydroxylation sites is 1. The number of rotatable bonds is 5. The summed E-state index contributed by atoms with van der Waals surface area (Å²) in [7, 11) is 0. The van der Waals surface area contributed by atoms with Crippen LogP contribution in [0, 0.1) is 28.6 Å². The third kappa shape index (κ3) is 3.97. The molecular weight excluding hydrogens is 369 g/mol. The first-order valence-electron chi connectivity index (χ1n) is 10.1. The number of alkyl halides is 1. The van der Waals surface area contributed by atoms with Crippen LogP contribution < -0.4 is 5.32 Å². The average Bonchev–Trinajstić information content (AvgIpc) is 3.43. The van der Waals surface area contributed by atoms with Gasteiger partial charge in [0.15, 0.2) is 0 Å². The second-order valence-corrected chi connectivity index (χ2v) is 8.10. The number of nitriles is 2. The van der Waals surface area contributed by atoms with E-state index in [4.69, 9.17) is 5.26 Å². The van der Waals surface area contributed by atoms with Gasteiger partial charge in [-0.2, -0.15) is 10.5 Å². The molecule has 4 rings (SSSR count). The maximum absolute atomic E-state index is 13.5. The van der Waals surface area contributed by atoms with Crippen molar-refractivity contribution in [3.8, 4) is 12.1 Å². The third-order valence-corrected chi connectivity index (χ3v) is 6.17. The number of fused-ring (bicyclic) bond motifs is 1. The van der Waals surface area contributed by atoms with Crippen LogP contribution in [-0.2, 0) is 11.3 Å². The number of likely N-dealkylation sites (tertiary alicyclic amines) is 1. The Balaban J connectivity index is 1.32. The minimum Gasteiger partial charge on any atom is -0.346 e. The van der Waals surface area contributed by atoms with E-state index in [2.05, 4.69) is 16.0 Å². The molecule has 0 bridgehead atoms. The summed E-state index contributed by atoms with van der Waals surface area (Å²) in [5.41, 5.74) is 1.77. The number of hydrogen-bond acceptors (Lipinski definition) is 4. The summed E-state index contributed by atoms with van der Waals surface area (Å²) in [6.45, 7) is 1.02. The molecule has 1 aliphatic carbocycles. The van der Waals surface area contributed by atoms with Gasteiger partial charge in [0, 0.05) is 36.1 Å². The summed E-state index contributed by atoms with van der Waals surface area (Å²) in [5, 5.41) is 22.7. The van der Waals surface area contributed by atoms with Crippen molar-refractivity contribution in [3.63, 3.8) is 0 Å². The standard InChI is InChI=1S/C22H24FN5O/c23-17-8-19(10-25)28(14-17)22(29)11-26-18-6-5-15(7-18)12-27-13-16(9-24)20-3-1-2-4-21(20)27/h1-4,13,15,17-19,26H,5-8,11-12,14H2. The van der Waals surface area contributed by atoms with E-state index in [1.165, 1.54) is 4.90 Å². The first-order valence-corrected chi connectivity index (χ1v) is 10.1. The molecule has 0 spiro atoms. The molecule has 1 N–H and O–H groups in total. The largest absolute Gasteiger partial charge is 0.346 e. The number of carbonyl (C=O) groups excluding carboxylic acids is 1. The van der Waals surface area contributed by atoms with Gasteiger partial charge in [0.2, 0.25) is 5.91 Å². The molecule has 2 fully saturated rings. The van der Waals surface area contributed by atoms with Crippen LogP contribution in [0.25, 0.3) is 10.9 Å². The predicted molar refractivity (Wildman–Crippen MR) is 106 cm³/mol. The van der Waals surface area contributed by atoms with E-state index < -0.39 is 12.2 Å². The van der Waals surface area contributed by atoms with Gasteiger partial charge in [0.1, 0.15) is 18.3 Å². The zero-order chi connectivity index (χ0) is 20.4. The summed E-state index contributed by atoms with van der Waals surface area (Å²) in [6.07, 6.45) is 3.93. The van der Waals surface area contributed by atoms with E-state index in [0.717, 1.165) is 36.7 Å². The minimum absolute atomic E-state index is 0.0218. The average molecular weight is 393 g/mol. The summed E-state index contributed by atoms with van der Waals surface area (Å²) in [4.78, 5) is 13.7. The molecule has 150 valence electrons. The van der Waals surface area contributed by atoms with Gasteiger partial charge in [-0.05, 0) is 31.2 Å². The first kappa shape index (κ1) is 19.4. The molecule has 0 radical (unpaired) electrons. The van der Waals surface area contributed by atoms with Crippen molar-refractivity contribution >= 4 is 16.8 Å². The van der Waals surface area contributed by atoms with Gasteiger partial charge in [0.05, 0.1) is 24.7 Å². The quantitative estimate of drug-likeness (QED) is 0.846. The number of carbonyl (C=O) groups is 1. The van der Waals surface area contributed by atoms with Gasteiger partial charge in [-0.1, -0.05) is 18.2 Å². The van der Waals surface area contributed by atoms with Gasteiger partial charge in [0.25, 0.3) is 0 Å². The monoisotopic (exact) mass is 393 g/mol. The van der Waals surface area contributed by atoms with Crippen molar-refractivity contribution in [1.82, 2.24) is 14.8 Å². The highest BCUT2D eigenvalue weighted by molar-refractivity contribution is 5.86. The van der Waals surface area contributed by atoms with E-state index >= 15 is 0 Å². The van der Waals surface area contributed by atoms with Crippen molar-refractivity contribution < 1.29 is 9.18 Å². The zero-order valence-corrected chi connectivity index (χ0v) is 16.2. The van der Waals surface area contributed by atoms with E-state index in [1.54, 1.807) is 0 Å². The van der Waals surface area contributed by atoms with Crippen LogP contribution in [0.4, 0.5) is 4.39 Å². The number of hydrogen-bond donors (Lipinski definition) is 1. The normalized spacial score (nSPS) is 26.5. The number of aromatic nitrogens is 1. The molecule has 2 aliphatic rings. The Labute approximate surface area is 169 Å². The van der Waals surface area contributed by atoms with Gasteiger partial charge < -0.3 is 14.8 Å². The van der Waals surface area contributed by atoms with Crippen LogP contribution in [0.2, 0.25) is 0 Å². The highest BCUT2D eigenvalue weighted by atomic mass is 19.1. The van der Waals surface area contributed by atoms with Crippen LogP contribution in [0.3, 0.4) is 0 Å². The molecule has 1 amide bonds. The number of nitrogens with one attached hydrogen (secondary N) is 1. The maximum atomic E-state index is 13.5. The van der Waals surface area contributed by atoms with Crippen LogP contribution in [0.1, 0.15) is 31.2 Å². The van der Waals surface area contributed by atoms with Crippen molar-refractivity contribution in [2.24, 2.45) is 5.92 Å². The highest BCUT2D eigenvalue weighted by Gasteiger charge is 2.35. The number of benzene rings is 1. The molecule has 1 saturated heterocycles. The maximum Gasteiger partial charge on any atom is 0.237 e. The van der Waals surface area contributed by atoms with Crippen molar-refractivity contribution in [2.45, 2.75) is 50.5 Å². The van der Waals surface area contributed by atoms with E-state index in [9.17, 15) is 14.4 Å². The van der Waals surface area contributed by atoms with E-state index in [1.807, 2.05) is 36.5 Å². The Bertz CT molecular complexity index is 987. The lowest BCUT2D eigenvalue weighted by Crippen LogP contribution is -2.43. The predicted octanol–water partition coefficient (Wildman–Crippen LogP) is 2.73. The summed E-state index contributed by atoms with van der Waals surface area (Å²) in [6, 6.07) is 11.8. The van der Waals surface area contributed by atoms with Crippen LogP contribution >= 0.6 is 0 Å². The summed E-state index contributed by atoms with van der Waals surface area (Å²) < 4.78 is 15.7. The van der Waals surface area contributed by atoms with Crippen LogP contribution in [0.5, 0.6) is 0 Å². The second-order valence-electron chi connectivity index (χ2n) is 8.10. The molecular formula is C22H24FN5O. The van der Waals surface area contributed by atoms with Crippen molar-refractivity contribution in [1.29, 1.82) is 10.5 Å². The van der Waals surface area contributed by atoms with Gasteiger partial charge in [-0.3, -0.25) is 4.79 Å². The fourth-order valence-electron chi connectivity index (χ4n) is 4.71.